The van der Waals surface area contributed by atoms with Crippen LogP contribution in [0.5, 0.6) is 5.75 Å². The second kappa shape index (κ2) is 8.69. The van der Waals surface area contributed by atoms with Crippen LogP contribution in [0.15, 0.2) is 47.0 Å². The zero-order valence-electron chi connectivity index (χ0n) is 14.6. The predicted molar refractivity (Wildman–Crippen MR) is 101 cm³/mol. The number of nitrogens with zero attached hydrogens (tertiary/aromatic N) is 1. The van der Waals surface area contributed by atoms with Crippen molar-refractivity contribution in [1.29, 1.82) is 0 Å². The van der Waals surface area contributed by atoms with E-state index in [9.17, 15) is 4.79 Å². The van der Waals surface area contributed by atoms with Crippen molar-refractivity contribution in [2.24, 2.45) is 5.73 Å². The normalized spacial score (nSPS) is 11.7. The van der Waals surface area contributed by atoms with E-state index in [1.165, 1.54) is 7.11 Å². The largest absolute Gasteiger partial charge is 0.491 e. The Bertz CT molecular complexity index is 880. The third-order valence-corrected chi connectivity index (χ3v) is 3.97. The Morgan fingerprint density at radius 1 is 1.23 bits per heavy atom. The summed E-state index contributed by atoms with van der Waals surface area (Å²) in [4.78, 5) is 12.2. The van der Waals surface area contributed by atoms with Gasteiger partial charge in [-0.2, -0.15) is 0 Å². The molecule has 0 amide bonds. The zero-order valence-corrected chi connectivity index (χ0v) is 15.4. The first-order chi connectivity index (χ1) is 12.1. The standard InChI is InChI=1S/C19H20N2O4.ClH/c1-12-15-8-9-16(17(19(22)23-2)18(15)25-21-12)24-11-14(20)10-13-6-4-3-5-7-13;/h3-9,14H,10-11,20H2,1-2H3;1H. The first kappa shape index (κ1) is 19.8. The lowest BCUT2D eigenvalue weighted by atomic mass is 10.1. The van der Waals surface area contributed by atoms with Crippen molar-refractivity contribution in [3.8, 4) is 5.75 Å². The van der Waals surface area contributed by atoms with Crippen LogP contribution in [0, 0.1) is 6.92 Å². The number of carbonyl (C=O) groups is 1. The number of aryl methyl sites for hydroxylation is 1. The lowest BCUT2D eigenvalue weighted by Crippen LogP contribution is -2.30. The summed E-state index contributed by atoms with van der Waals surface area (Å²) in [6.07, 6.45) is 0.679. The van der Waals surface area contributed by atoms with Crippen LogP contribution in [0.25, 0.3) is 11.0 Å². The average molecular weight is 377 g/mol. The molecular weight excluding hydrogens is 356 g/mol. The molecular formula is C19H21ClN2O4. The summed E-state index contributed by atoms with van der Waals surface area (Å²) in [6, 6.07) is 13.3. The van der Waals surface area contributed by atoms with E-state index in [-0.39, 0.29) is 30.6 Å². The highest BCUT2D eigenvalue weighted by Crippen LogP contribution is 2.30. The topological polar surface area (TPSA) is 87.6 Å². The van der Waals surface area contributed by atoms with Crippen molar-refractivity contribution in [2.75, 3.05) is 13.7 Å². The number of hydrogen-bond donors (Lipinski definition) is 1. The highest BCUT2D eigenvalue weighted by Gasteiger charge is 2.22. The van der Waals surface area contributed by atoms with Crippen LogP contribution in [0.2, 0.25) is 0 Å². The van der Waals surface area contributed by atoms with Crippen LogP contribution in [0.3, 0.4) is 0 Å². The molecule has 3 rings (SSSR count). The number of hydrogen-bond acceptors (Lipinski definition) is 6. The lowest BCUT2D eigenvalue weighted by molar-refractivity contribution is 0.0596. The van der Waals surface area contributed by atoms with E-state index < -0.39 is 5.97 Å². The van der Waals surface area contributed by atoms with Gasteiger partial charge in [-0.3, -0.25) is 0 Å². The van der Waals surface area contributed by atoms with Gasteiger partial charge in [0.2, 0.25) is 0 Å². The number of esters is 1. The van der Waals surface area contributed by atoms with Crippen molar-refractivity contribution < 1.29 is 18.8 Å². The smallest absolute Gasteiger partial charge is 0.345 e. The molecule has 2 N–H and O–H groups in total. The van der Waals surface area contributed by atoms with E-state index >= 15 is 0 Å². The van der Waals surface area contributed by atoms with Gasteiger partial charge in [0.1, 0.15) is 17.9 Å². The molecule has 0 radical (unpaired) electrons. The molecule has 0 aliphatic carbocycles. The number of methoxy groups -OCH3 is 1. The Morgan fingerprint density at radius 3 is 2.65 bits per heavy atom. The molecule has 7 heteroatoms. The molecule has 0 fully saturated rings. The number of fused-ring (bicyclic) bond motifs is 1. The van der Waals surface area contributed by atoms with Gasteiger partial charge < -0.3 is 19.7 Å². The molecule has 1 aromatic heterocycles. The number of benzene rings is 2. The first-order valence-corrected chi connectivity index (χ1v) is 7.99. The van der Waals surface area contributed by atoms with E-state index in [0.717, 1.165) is 10.9 Å². The number of ether oxygens (including phenoxy) is 2. The van der Waals surface area contributed by atoms with Gasteiger partial charge in [0.15, 0.2) is 5.58 Å². The van der Waals surface area contributed by atoms with E-state index in [2.05, 4.69) is 5.16 Å². The first-order valence-electron chi connectivity index (χ1n) is 7.99. The van der Waals surface area contributed by atoms with E-state index in [1.807, 2.05) is 43.3 Å². The Hall–Kier alpha value is -2.57. The summed E-state index contributed by atoms with van der Waals surface area (Å²) in [5.74, 6) is -0.160. The number of halogens is 1. The molecule has 3 aromatic rings. The van der Waals surface area contributed by atoms with Crippen molar-refractivity contribution in [3.05, 3.63) is 59.3 Å². The number of rotatable bonds is 6. The second-order valence-corrected chi connectivity index (χ2v) is 5.84. The van der Waals surface area contributed by atoms with Gasteiger partial charge in [-0.05, 0) is 31.0 Å². The van der Waals surface area contributed by atoms with Crippen LogP contribution in [-0.4, -0.2) is 30.9 Å². The number of aromatic nitrogens is 1. The minimum Gasteiger partial charge on any atom is -0.491 e. The number of nitrogens with two attached hydrogens (primary N) is 1. The molecule has 0 saturated heterocycles. The van der Waals surface area contributed by atoms with Gasteiger partial charge in [-0.25, -0.2) is 4.79 Å². The minimum atomic E-state index is -0.534. The zero-order chi connectivity index (χ0) is 17.8. The van der Waals surface area contributed by atoms with Gasteiger partial charge in [-0.15, -0.1) is 12.4 Å². The molecule has 1 atom stereocenters. The van der Waals surface area contributed by atoms with Gasteiger partial charge in [0, 0.05) is 11.4 Å². The summed E-state index contributed by atoms with van der Waals surface area (Å²) < 4.78 is 15.9. The van der Waals surface area contributed by atoms with Crippen LogP contribution in [-0.2, 0) is 11.2 Å². The molecule has 1 heterocycles. The molecule has 0 bridgehead atoms. The van der Waals surface area contributed by atoms with Crippen LogP contribution in [0.4, 0.5) is 0 Å². The molecule has 0 aliphatic rings. The van der Waals surface area contributed by atoms with Crippen molar-refractivity contribution in [1.82, 2.24) is 5.16 Å². The number of carbonyl (C=O) groups excluding carboxylic acids is 1. The molecule has 2 aromatic carbocycles. The van der Waals surface area contributed by atoms with Crippen molar-refractivity contribution >= 4 is 29.3 Å². The van der Waals surface area contributed by atoms with Gasteiger partial charge in [-0.1, -0.05) is 35.5 Å². The lowest BCUT2D eigenvalue weighted by Gasteiger charge is -2.15. The van der Waals surface area contributed by atoms with Gasteiger partial charge >= 0.3 is 5.97 Å². The van der Waals surface area contributed by atoms with E-state index in [1.54, 1.807) is 6.07 Å². The minimum absolute atomic E-state index is 0. The monoisotopic (exact) mass is 376 g/mol. The SMILES string of the molecule is COC(=O)c1c(OCC(N)Cc2ccccc2)ccc2c(C)noc12.Cl. The average Bonchev–Trinajstić information content (AvgIpc) is 3.01. The molecule has 0 saturated carbocycles. The Labute approximate surface area is 157 Å². The highest BCUT2D eigenvalue weighted by atomic mass is 35.5. The third-order valence-electron chi connectivity index (χ3n) is 3.97. The summed E-state index contributed by atoms with van der Waals surface area (Å²) in [5, 5.41) is 4.65. The fraction of sp³-hybridized carbons (Fsp3) is 0.263. The Morgan fingerprint density at radius 2 is 1.96 bits per heavy atom. The van der Waals surface area contributed by atoms with Gasteiger partial charge in [0.25, 0.3) is 0 Å². The summed E-state index contributed by atoms with van der Waals surface area (Å²) in [6.45, 7) is 2.07. The summed E-state index contributed by atoms with van der Waals surface area (Å²) in [7, 11) is 1.31. The fourth-order valence-electron chi connectivity index (χ4n) is 2.70. The van der Waals surface area contributed by atoms with Crippen LogP contribution in [0.1, 0.15) is 21.6 Å². The second-order valence-electron chi connectivity index (χ2n) is 5.84. The van der Waals surface area contributed by atoms with Crippen LogP contribution >= 0.6 is 12.4 Å². The molecule has 0 spiro atoms. The molecule has 138 valence electrons. The van der Waals surface area contributed by atoms with E-state index in [0.29, 0.717) is 23.4 Å². The van der Waals surface area contributed by atoms with Crippen molar-refractivity contribution in [2.45, 2.75) is 19.4 Å². The molecule has 6 nitrogen and oxygen atoms in total. The maximum Gasteiger partial charge on any atom is 0.345 e. The maximum absolute atomic E-state index is 12.2. The van der Waals surface area contributed by atoms with Gasteiger partial charge in [0.05, 0.1) is 12.8 Å². The Kier molecular flexibility index (Phi) is 6.60. The summed E-state index contributed by atoms with van der Waals surface area (Å²) in [5.41, 5.74) is 8.57. The fourth-order valence-corrected chi connectivity index (χ4v) is 2.70. The van der Waals surface area contributed by atoms with Crippen molar-refractivity contribution in [3.63, 3.8) is 0 Å². The quantitative estimate of drug-likeness (QED) is 0.664. The molecule has 0 aliphatic heterocycles. The van der Waals surface area contributed by atoms with Crippen LogP contribution < -0.4 is 10.5 Å². The molecule has 26 heavy (non-hydrogen) atoms. The maximum atomic E-state index is 12.2. The van der Waals surface area contributed by atoms with E-state index in [4.69, 9.17) is 19.7 Å². The predicted octanol–water partition coefficient (Wildman–Crippen LogP) is 3.29. The Balaban J connectivity index is 0.00000243. The molecule has 1 unspecified atom stereocenters. The third kappa shape index (κ3) is 4.15. The summed E-state index contributed by atoms with van der Waals surface area (Å²) >= 11 is 0. The highest BCUT2D eigenvalue weighted by molar-refractivity contribution is 6.05.